The highest BCUT2D eigenvalue weighted by Gasteiger charge is 1.79. The van der Waals surface area contributed by atoms with Crippen molar-refractivity contribution in [1.29, 1.82) is 0 Å². The summed E-state index contributed by atoms with van der Waals surface area (Å²) in [6.45, 7) is 4.99. The van der Waals surface area contributed by atoms with Gasteiger partial charge in [-0.15, -0.1) is 6.58 Å². The van der Waals surface area contributed by atoms with E-state index in [-0.39, 0.29) is 5.47 Å². The first kappa shape index (κ1) is 6.72. The van der Waals surface area contributed by atoms with Crippen LogP contribution in [0.15, 0.2) is 12.1 Å². The molecule has 0 saturated heterocycles. The molecule has 3 heteroatoms. The molecule has 0 aliphatic rings. The third kappa shape index (κ3) is 2.42. The Morgan fingerprint density at radius 2 is 2.14 bits per heavy atom. The molecule has 0 fully saturated rings. The lowest BCUT2D eigenvalue weighted by Gasteiger charge is -2.28. The summed E-state index contributed by atoms with van der Waals surface area (Å²) >= 11 is 0. The van der Waals surface area contributed by atoms with E-state index in [1.165, 1.54) is 0 Å². The summed E-state index contributed by atoms with van der Waals surface area (Å²) < 4.78 is 0. The molecule has 0 aliphatic carbocycles. The second kappa shape index (κ2) is 2.83. The van der Waals surface area contributed by atoms with Crippen molar-refractivity contribution in [1.82, 2.24) is 0 Å². The van der Waals surface area contributed by atoms with Gasteiger partial charge in [0.05, 0.1) is 0 Å². The maximum absolute atomic E-state index is 9.80. The van der Waals surface area contributed by atoms with E-state index in [9.17, 15) is 10.0 Å². The zero-order valence-electron chi connectivity index (χ0n) is 4.31. The molecule has 0 rings (SSSR count). The lowest BCUT2D eigenvalue weighted by atomic mass is 9.79. The zero-order chi connectivity index (χ0) is 5.86. The van der Waals surface area contributed by atoms with Gasteiger partial charge in [-0.3, -0.25) is 0 Å². The van der Waals surface area contributed by atoms with Crippen molar-refractivity contribution in [2.75, 3.05) is 0 Å². The van der Waals surface area contributed by atoms with Crippen molar-refractivity contribution in [3.63, 3.8) is 0 Å². The van der Waals surface area contributed by atoms with Crippen molar-refractivity contribution in [2.24, 2.45) is 0 Å². The molecule has 2 nitrogen and oxygen atoms in total. The van der Waals surface area contributed by atoms with Crippen molar-refractivity contribution in [3.8, 4) is 0 Å². The van der Waals surface area contributed by atoms with E-state index in [0.717, 1.165) is 0 Å². The molecule has 0 heterocycles. The van der Waals surface area contributed by atoms with Crippen LogP contribution >= 0.6 is 0 Å². The molecular formula is C4H7BO2-2. The fourth-order valence-electron chi connectivity index (χ4n) is 0.167. The molecular weight excluding hydrogens is 90.9 g/mol. The summed E-state index contributed by atoms with van der Waals surface area (Å²) in [4.78, 5) is 0. The van der Waals surface area contributed by atoms with E-state index in [4.69, 9.17) is 0 Å². The van der Waals surface area contributed by atoms with Gasteiger partial charge in [0.25, 0.3) is 0 Å². The maximum atomic E-state index is 9.80. The molecule has 0 aromatic carbocycles. The average Bonchev–Trinajstić information content (AvgIpc) is 1.65. The largest absolute Gasteiger partial charge is 0.890 e. The van der Waals surface area contributed by atoms with Gasteiger partial charge in [-0.2, -0.15) is 5.47 Å². The first-order chi connectivity index (χ1) is 3.18. The molecule has 0 spiro atoms. The molecule has 0 aliphatic heterocycles. The second-order valence-corrected chi connectivity index (χ2v) is 1.34. The number of hydrogen-bond donors (Lipinski definition) is 0. The zero-order valence-corrected chi connectivity index (χ0v) is 4.31. The standard InChI is InChI=1S/C4H7BO2/c1-3-4(2)5(6)7/h2-3H2,1H3/q-2. The van der Waals surface area contributed by atoms with Crippen LogP contribution < -0.4 is 10.0 Å². The fourth-order valence-corrected chi connectivity index (χ4v) is 0.167. The maximum Gasteiger partial charge on any atom is -0.0468 e. The van der Waals surface area contributed by atoms with Gasteiger partial charge < -0.3 is 10.0 Å². The van der Waals surface area contributed by atoms with E-state index in [2.05, 4.69) is 6.58 Å². The first-order valence-electron chi connectivity index (χ1n) is 2.17. The predicted octanol–water partition coefficient (Wildman–Crippen LogP) is -1.30. The van der Waals surface area contributed by atoms with Gasteiger partial charge in [-0.05, 0) is 6.42 Å². The Morgan fingerprint density at radius 1 is 1.71 bits per heavy atom. The summed E-state index contributed by atoms with van der Waals surface area (Å²) in [7, 11) is -1.83. The second-order valence-electron chi connectivity index (χ2n) is 1.34. The smallest absolute Gasteiger partial charge is 0.0468 e. The Morgan fingerprint density at radius 3 is 2.14 bits per heavy atom. The van der Waals surface area contributed by atoms with E-state index < -0.39 is 7.12 Å². The van der Waals surface area contributed by atoms with Crippen LogP contribution in [0.4, 0.5) is 0 Å². The summed E-state index contributed by atoms with van der Waals surface area (Å²) in [5.74, 6) is 0. The van der Waals surface area contributed by atoms with Crippen molar-refractivity contribution < 1.29 is 10.0 Å². The highest BCUT2D eigenvalue weighted by Crippen LogP contribution is 1.90. The Bertz CT molecular complexity index is 70.1. The predicted molar refractivity (Wildman–Crippen MR) is 25.2 cm³/mol. The van der Waals surface area contributed by atoms with Gasteiger partial charge >= 0.3 is 0 Å². The summed E-state index contributed by atoms with van der Waals surface area (Å²) in [6, 6.07) is 0. The third-order valence-electron chi connectivity index (χ3n) is 0.787. The molecule has 0 aromatic rings. The summed E-state index contributed by atoms with van der Waals surface area (Å²) in [5, 5.41) is 19.6. The molecule has 0 N–H and O–H groups in total. The van der Waals surface area contributed by atoms with Gasteiger partial charge in [0, 0.05) is 0 Å². The van der Waals surface area contributed by atoms with Gasteiger partial charge in [0.15, 0.2) is 0 Å². The molecule has 0 atom stereocenters. The molecule has 7 heavy (non-hydrogen) atoms. The summed E-state index contributed by atoms with van der Waals surface area (Å²) in [5.41, 5.74) is 0.236. The molecule has 0 bridgehead atoms. The van der Waals surface area contributed by atoms with Crippen LogP contribution in [0.3, 0.4) is 0 Å². The summed E-state index contributed by atoms with van der Waals surface area (Å²) in [6.07, 6.45) is 0.498. The number of hydrogen-bond acceptors (Lipinski definition) is 2. The van der Waals surface area contributed by atoms with Gasteiger partial charge in [-0.1, -0.05) is 14.0 Å². The van der Waals surface area contributed by atoms with Crippen LogP contribution in [0, 0.1) is 0 Å². The molecule has 0 amide bonds. The van der Waals surface area contributed by atoms with E-state index in [1.807, 2.05) is 0 Å². The lowest BCUT2D eigenvalue weighted by molar-refractivity contribution is -0.344. The van der Waals surface area contributed by atoms with E-state index in [0.29, 0.717) is 6.42 Å². The number of allylic oxidation sites excluding steroid dienone is 1. The first-order valence-corrected chi connectivity index (χ1v) is 2.17. The van der Waals surface area contributed by atoms with Crippen LogP contribution in [0.1, 0.15) is 13.3 Å². The van der Waals surface area contributed by atoms with E-state index >= 15 is 0 Å². The van der Waals surface area contributed by atoms with Crippen molar-refractivity contribution in [2.45, 2.75) is 13.3 Å². The quantitative estimate of drug-likeness (QED) is 0.403. The average molecular weight is 97.9 g/mol. The monoisotopic (exact) mass is 98.1 g/mol. The van der Waals surface area contributed by atoms with E-state index in [1.54, 1.807) is 6.92 Å². The van der Waals surface area contributed by atoms with Crippen LogP contribution in [-0.4, -0.2) is 7.12 Å². The third-order valence-corrected chi connectivity index (χ3v) is 0.787. The van der Waals surface area contributed by atoms with Crippen molar-refractivity contribution in [3.05, 3.63) is 12.1 Å². The van der Waals surface area contributed by atoms with Gasteiger partial charge in [-0.25, -0.2) is 0 Å². The van der Waals surface area contributed by atoms with Crippen LogP contribution in [0.2, 0.25) is 0 Å². The highest BCUT2D eigenvalue weighted by molar-refractivity contribution is 6.46. The minimum absolute atomic E-state index is 0.236. The van der Waals surface area contributed by atoms with Crippen molar-refractivity contribution >= 4 is 7.12 Å². The highest BCUT2D eigenvalue weighted by atomic mass is 16.4. The molecule has 0 unspecified atom stereocenters. The Labute approximate surface area is 43.6 Å². The van der Waals surface area contributed by atoms with Crippen LogP contribution in [0.25, 0.3) is 0 Å². The topological polar surface area (TPSA) is 46.1 Å². The molecule has 40 valence electrons. The van der Waals surface area contributed by atoms with Crippen LogP contribution in [0.5, 0.6) is 0 Å². The fraction of sp³-hybridized carbons (Fsp3) is 0.500. The SMILES string of the molecule is C=C(CC)B([O-])[O-]. The van der Waals surface area contributed by atoms with Crippen LogP contribution in [-0.2, 0) is 0 Å². The molecule has 0 saturated carbocycles. The minimum Gasteiger partial charge on any atom is -0.890 e. The Balaban J connectivity index is 3.35. The normalized spacial score (nSPS) is 8.43. The molecule has 0 aromatic heterocycles. The minimum atomic E-state index is -1.83. The lowest BCUT2D eigenvalue weighted by Crippen LogP contribution is -2.46. The Kier molecular flexibility index (Phi) is 2.72. The van der Waals surface area contributed by atoms with Gasteiger partial charge in [0.2, 0.25) is 0 Å². The molecule has 0 radical (unpaired) electrons. The van der Waals surface area contributed by atoms with Gasteiger partial charge in [0.1, 0.15) is 0 Å². The number of rotatable bonds is 2. The Hall–Kier alpha value is -0.275.